The van der Waals surface area contributed by atoms with Crippen LogP contribution in [0.5, 0.6) is 0 Å². The predicted octanol–water partition coefficient (Wildman–Crippen LogP) is 0.850. The van der Waals surface area contributed by atoms with Crippen LogP contribution < -0.4 is 5.73 Å². The number of nitrogens with one attached hydrogen (secondary N) is 1. The number of amidine groups is 1. The lowest BCUT2D eigenvalue weighted by Crippen LogP contribution is -2.48. The molecule has 2 aliphatic heterocycles. The van der Waals surface area contributed by atoms with Gasteiger partial charge >= 0.3 is 6.03 Å². The van der Waals surface area contributed by atoms with Gasteiger partial charge in [0.25, 0.3) is 0 Å². The number of urea groups is 1. The summed E-state index contributed by atoms with van der Waals surface area (Å²) >= 11 is 0. The molecule has 0 spiro atoms. The molecule has 2 heterocycles. The van der Waals surface area contributed by atoms with Crippen molar-refractivity contribution in [2.75, 3.05) is 26.2 Å². The van der Waals surface area contributed by atoms with Gasteiger partial charge in [0.2, 0.25) is 0 Å². The smallest absolute Gasteiger partial charge is 0.320 e. The quantitative estimate of drug-likeness (QED) is 0.512. The maximum absolute atomic E-state index is 12.1. The number of hydrogen-bond donors (Lipinski definition) is 2. The monoisotopic (exact) mass is 224 g/mol. The molecule has 5 heteroatoms. The second-order valence-electron chi connectivity index (χ2n) is 4.72. The van der Waals surface area contributed by atoms with Gasteiger partial charge in [-0.25, -0.2) is 4.79 Å². The van der Waals surface area contributed by atoms with Crippen molar-refractivity contribution < 1.29 is 4.79 Å². The van der Waals surface area contributed by atoms with Gasteiger partial charge in [-0.2, -0.15) is 0 Å². The van der Waals surface area contributed by atoms with E-state index in [0.717, 1.165) is 45.3 Å². The maximum atomic E-state index is 12.1. The molecular weight excluding hydrogens is 204 g/mol. The maximum Gasteiger partial charge on any atom is 0.320 e. The van der Waals surface area contributed by atoms with E-state index < -0.39 is 0 Å². The molecule has 0 bridgehead atoms. The minimum Gasteiger partial charge on any atom is -0.387 e. The number of carbonyl (C=O) groups excluding carboxylic acids is 1. The molecule has 0 saturated carbocycles. The number of nitrogens with zero attached hydrogens (tertiary/aromatic N) is 2. The first-order valence-corrected chi connectivity index (χ1v) is 6.06. The molecular formula is C11H20N4O. The van der Waals surface area contributed by atoms with Crippen LogP contribution in [0.2, 0.25) is 0 Å². The second kappa shape index (κ2) is 4.72. The lowest BCUT2D eigenvalue weighted by molar-refractivity contribution is 0.145. The highest BCUT2D eigenvalue weighted by molar-refractivity contribution is 5.81. The molecule has 0 aromatic heterocycles. The third kappa shape index (κ3) is 2.28. The Morgan fingerprint density at radius 3 is 2.38 bits per heavy atom. The van der Waals surface area contributed by atoms with E-state index in [1.807, 2.05) is 9.80 Å². The molecule has 1 atom stereocenters. The van der Waals surface area contributed by atoms with Crippen LogP contribution >= 0.6 is 0 Å². The molecule has 90 valence electrons. The van der Waals surface area contributed by atoms with Crippen LogP contribution in [0.1, 0.15) is 25.7 Å². The van der Waals surface area contributed by atoms with Crippen LogP contribution in [-0.2, 0) is 0 Å². The van der Waals surface area contributed by atoms with Gasteiger partial charge in [0.05, 0.1) is 5.84 Å². The number of likely N-dealkylation sites (tertiary alicyclic amines) is 2. The third-order valence-electron chi connectivity index (χ3n) is 3.51. The van der Waals surface area contributed by atoms with Crippen molar-refractivity contribution >= 4 is 11.9 Å². The molecule has 2 rings (SSSR count). The average molecular weight is 224 g/mol. The molecule has 16 heavy (non-hydrogen) atoms. The Morgan fingerprint density at radius 2 is 1.75 bits per heavy atom. The molecule has 2 amide bonds. The van der Waals surface area contributed by atoms with Crippen molar-refractivity contribution in [1.29, 1.82) is 5.41 Å². The summed E-state index contributed by atoms with van der Waals surface area (Å²) in [6, 6.07) is 0.142. The van der Waals surface area contributed by atoms with E-state index in [2.05, 4.69) is 0 Å². The largest absolute Gasteiger partial charge is 0.387 e. The van der Waals surface area contributed by atoms with Crippen LogP contribution in [0, 0.1) is 11.3 Å². The van der Waals surface area contributed by atoms with Crippen LogP contribution in [0.15, 0.2) is 0 Å². The first kappa shape index (κ1) is 11.2. The Morgan fingerprint density at radius 1 is 1.12 bits per heavy atom. The molecule has 0 aromatic carbocycles. The van der Waals surface area contributed by atoms with E-state index in [9.17, 15) is 4.79 Å². The molecule has 2 aliphatic rings. The fourth-order valence-corrected chi connectivity index (χ4v) is 2.51. The molecule has 0 radical (unpaired) electrons. The Kier molecular flexibility index (Phi) is 3.31. The van der Waals surface area contributed by atoms with Gasteiger partial charge in [-0.3, -0.25) is 5.41 Å². The second-order valence-corrected chi connectivity index (χ2v) is 4.72. The minimum absolute atomic E-state index is 0.0697. The third-order valence-corrected chi connectivity index (χ3v) is 3.51. The summed E-state index contributed by atoms with van der Waals surface area (Å²) in [6.07, 6.45) is 4.15. The molecule has 2 fully saturated rings. The van der Waals surface area contributed by atoms with Gasteiger partial charge in [-0.05, 0) is 25.7 Å². The van der Waals surface area contributed by atoms with E-state index in [1.165, 1.54) is 0 Å². The van der Waals surface area contributed by atoms with E-state index in [1.54, 1.807) is 0 Å². The van der Waals surface area contributed by atoms with Gasteiger partial charge in [-0.1, -0.05) is 0 Å². The average Bonchev–Trinajstić information content (AvgIpc) is 2.81. The van der Waals surface area contributed by atoms with Crippen molar-refractivity contribution in [3.05, 3.63) is 0 Å². The summed E-state index contributed by atoms with van der Waals surface area (Å²) in [6.45, 7) is 3.23. The first-order chi connectivity index (χ1) is 7.68. The molecule has 0 aliphatic carbocycles. The van der Waals surface area contributed by atoms with Crippen LogP contribution in [0.3, 0.4) is 0 Å². The van der Waals surface area contributed by atoms with Crippen LogP contribution in [0.25, 0.3) is 0 Å². The number of carbonyl (C=O) groups is 1. The standard InChI is InChI=1S/C11H20N4O/c12-10(13)9-4-3-7-15(8-9)11(16)14-5-1-2-6-14/h9H,1-8H2,(H3,12,13). The van der Waals surface area contributed by atoms with Gasteiger partial charge in [0.15, 0.2) is 0 Å². The molecule has 5 nitrogen and oxygen atoms in total. The topological polar surface area (TPSA) is 73.4 Å². The highest BCUT2D eigenvalue weighted by Crippen LogP contribution is 2.19. The Balaban J connectivity index is 1.93. The van der Waals surface area contributed by atoms with Crippen molar-refractivity contribution in [1.82, 2.24) is 9.80 Å². The number of rotatable bonds is 1. The van der Waals surface area contributed by atoms with Gasteiger partial charge in [0, 0.05) is 32.1 Å². The normalized spacial score (nSPS) is 25.9. The number of nitrogens with two attached hydrogens (primary N) is 1. The van der Waals surface area contributed by atoms with Gasteiger partial charge in [0.1, 0.15) is 0 Å². The van der Waals surface area contributed by atoms with E-state index in [-0.39, 0.29) is 17.8 Å². The van der Waals surface area contributed by atoms with E-state index in [4.69, 9.17) is 11.1 Å². The molecule has 0 aromatic rings. The fourth-order valence-electron chi connectivity index (χ4n) is 2.51. The molecule has 1 unspecified atom stereocenters. The summed E-state index contributed by atoms with van der Waals surface area (Å²) in [4.78, 5) is 15.9. The van der Waals surface area contributed by atoms with Gasteiger partial charge in [-0.15, -0.1) is 0 Å². The summed E-state index contributed by atoms with van der Waals surface area (Å²) in [5, 5.41) is 7.46. The SMILES string of the molecule is N=C(N)C1CCCN(C(=O)N2CCCC2)C1. The van der Waals surface area contributed by atoms with Crippen LogP contribution in [0.4, 0.5) is 4.79 Å². The first-order valence-electron chi connectivity index (χ1n) is 6.06. The minimum atomic E-state index is 0.0697. The highest BCUT2D eigenvalue weighted by Gasteiger charge is 2.29. The number of piperidine rings is 1. The van der Waals surface area contributed by atoms with Crippen molar-refractivity contribution in [2.45, 2.75) is 25.7 Å². The fraction of sp³-hybridized carbons (Fsp3) is 0.818. The van der Waals surface area contributed by atoms with E-state index >= 15 is 0 Å². The van der Waals surface area contributed by atoms with Crippen molar-refractivity contribution in [2.24, 2.45) is 11.7 Å². The lowest BCUT2D eigenvalue weighted by Gasteiger charge is -2.34. The Bertz CT molecular complexity index is 286. The number of hydrogen-bond acceptors (Lipinski definition) is 2. The van der Waals surface area contributed by atoms with E-state index in [0.29, 0.717) is 6.54 Å². The van der Waals surface area contributed by atoms with Crippen molar-refractivity contribution in [3.63, 3.8) is 0 Å². The zero-order valence-electron chi connectivity index (χ0n) is 9.61. The Hall–Kier alpha value is -1.26. The zero-order valence-corrected chi connectivity index (χ0v) is 9.61. The predicted molar refractivity (Wildman–Crippen MR) is 62.4 cm³/mol. The van der Waals surface area contributed by atoms with Gasteiger partial charge < -0.3 is 15.5 Å². The summed E-state index contributed by atoms with van der Waals surface area (Å²) in [7, 11) is 0. The summed E-state index contributed by atoms with van der Waals surface area (Å²) in [5.41, 5.74) is 5.51. The number of amides is 2. The molecule has 2 saturated heterocycles. The lowest BCUT2D eigenvalue weighted by atomic mass is 9.97. The van der Waals surface area contributed by atoms with Crippen molar-refractivity contribution in [3.8, 4) is 0 Å². The zero-order chi connectivity index (χ0) is 11.5. The molecule has 3 N–H and O–H groups in total. The Labute approximate surface area is 96.1 Å². The summed E-state index contributed by atoms with van der Waals surface area (Å²) in [5.74, 6) is 0.291. The highest BCUT2D eigenvalue weighted by atomic mass is 16.2. The van der Waals surface area contributed by atoms with Crippen LogP contribution in [-0.4, -0.2) is 47.8 Å². The summed E-state index contributed by atoms with van der Waals surface area (Å²) < 4.78 is 0.